The van der Waals surface area contributed by atoms with Crippen molar-refractivity contribution in [1.29, 1.82) is 0 Å². The molecule has 1 aromatic heterocycles. The molecule has 3 N–H and O–H groups in total. The number of likely N-dealkylation sites (N-methyl/N-ethyl adjacent to an activating group) is 1. The molecule has 0 spiro atoms. The van der Waals surface area contributed by atoms with Crippen LogP contribution in [0.2, 0.25) is 0 Å². The lowest BCUT2D eigenvalue weighted by atomic mass is 9.89. The molecule has 1 aliphatic heterocycles. The summed E-state index contributed by atoms with van der Waals surface area (Å²) in [5.74, 6) is -0.290. The molecule has 1 saturated heterocycles. The largest absolute Gasteiger partial charge is 0.507 e. The second kappa shape index (κ2) is 7.83. The van der Waals surface area contributed by atoms with E-state index >= 15 is 0 Å². The second-order valence-corrected chi connectivity index (χ2v) is 7.00. The van der Waals surface area contributed by atoms with E-state index in [2.05, 4.69) is 0 Å². The number of benzene rings is 2. The second-order valence-electron chi connectivity index (χ2n) is 7.00. The van der Waals surface area contributed by atoms with E-state index in [1.54, 1.807) is 0 Å². The highest BCUT2D eigenvalue weighted by atomic mass is 35.5. The molecule has 2 atom stereocenters. The van der Waals surface area contributed by atoms with Gasteiger partial charge in [-0.05, 0) is 20.0 Å². The van der Waals surface area contributed by atoms with Crippen molar-refractivity contribution in [3.8, 4) is 22.8 Å². The van der Waals surface area contributed by atoms with Crippen LogP contribution in [0.25, 0.3) is 22.3 Å². The molecule has 2 unspecified atom stereocenters. The van der Waals surface area contributed by atoms with Crippen molar-refractivity contribution in [3.63, 3.8) is 0 Å². The Kier molecular flexibility index (Phi) is 5.65. The van der Waals surface area contributed by atoms with E-state index in [0.29, 0.717) is 17.7 Å². The van der Waals surface area contributed by atoms with E-state index in [1.807, 2.05) is 42.3 Å². The molecule has 7 heteroatoms. The van der Waals surface area contributed by atoms with E-state index in [0.717, 1.165) is 12.1 Å². The van der Waals surface area contributed by atoms with Crippen LogP contribution in [0.1, 0.15) is 17.9 Å². The van der Waals surface area contributed by atoms with Gasteiger partial charge < -0.3 is 24.6 Å². The lowest BCUT2D eigenvalue weighted by Crippen LogP contribution is -2.32. The van der Waals surface area contributed by atoms with Crippen LogP contribution in [0.15, 0.2) is 51.7 Å². The summed E-state index contributed by atoms with van der Waals surface area (Å²) in [5, 5.41) is 30.7. The molecule has 6 nitrogen and oxygen atoms in total. The summed E-state index contributed by atoms with van der Waals surface area (Å²) in [6.07, 6.45) is 0.703. The van der Waals surface area contributed by atoms with Gasteiger partial charge in [-0.25, -0.2) is 0 Å². The number of aliphatic hydroxyl groups is 1. The predicted molar refractivity (Wildman–Crippen MR) is 109 cm³/mol. The molecule has 28 heavy (non-hydrogen) atoms. The zero-order valence-corrected chi connectivity index (χ0v) is 16.1. The van der Waals surface area contributed by atoms with E-state index in [-0.39, 0.29) is 58.9 Å². The minimum Gasteiger partial charge on any atom is -0.507 e. The Bertz CT molecular complexity index is 1050. The minimum absolute atomic E-state index is 0. The maximum Gasteiger partial charge on any atom is 0.197 e. The molecular weight excluding hydrogens is 382 g/mol. The molecule has 4 rings (SSSR count). The number of hydrogen-bond donors (Lipinski definition) is 3. The normalized spacial score (nSPS) is 19.6. The lowest BCUT2D eigenvalue weighted by Gasteiger charge is -2.24. The van der Waals surface area contributed by atoms with Gasteiger partial charge in [0, 0.05) is 35.2 Å². The van der Waals surface area contributed by atoms with Crippen molar-refractivity contribution in [1.82, 2.24) is 4.90 Å². The van der Waals surface area contributed by atoms with Gasteiger partial charge in [0.1, 0.15) is 28.2 Å². The van der Waals surface area contributed by atoms with Gasteiger partial charge >= 0.3 is 0 Å². The average molecular weight is 404 g/mol. The number of aromatic hydroxyl groups is 2. The summed E-state index contributed by atoms with van der Waals surface area (Å²) in [6, 6.07) is 11.5. The molecule has 0 bridgehead atoms. The molecule has 1 aliphatic rings. The summed E-state index contributed by atoms with van der Waals surface area (Å²) in [7, 11) is 1.91. The smallest absolute Gasteiger partial charge is 0.197 e. The van der Waals surface area contributed by atoms with Crippen LogP contribution in [0.4, 0.5) is 0 Å². The summed E-state index contributed by atoms with van der Waals surface area (Å²) in [5.41, 5.74) is 0.993. The number of aliphatic hydroxyl groups excluding tert-OH is 1. The van der Waals surface area contributed by atoms with Crippen LogP contribution in [0.5, 0.6) is 11.5 Å². The van der Waals surface area contributed by atoms with Crippen molar-refractivity contribution >= 4 is 23.4 Å². The van der Waals surface area contributed by atoms with Crippen molar-refractivity contribution in [2.24, 2.45) is 0 Å². The number of likely N-dealkylation sites (tertiary alicyclic amines) is 1. The van der Waals surface area contributed by atoms with Gasteiger partial charge in [-0.15, -0.1) is 12.4 Å². The first-order valence-corrected chi connectivity index (χ1v) is 8.90. The average Bonchev–Trinajstić information content (AvgIpc) is 3.02. The maximum atomic E-state index is 12.7. The van der Waals surface area contributed by atoms with E-state index < -0.39 is 0 Å². The standard InChI is InChI=1S/C21H21NO5.ClH/c1-22-8-7-13(14(22)11-23)19-15(24)9-16(25)20-17(26)10-18(27-21(19)20)12-5-3-2-4-6-12;/h2-6,9-10,13-14,23-25H,7-8,11H2,1H3;1H. The molecule has 2 heterocycles. The van der Waals surface area contributed by atoms with Gasteiger partial charge in [0.15, 0.2) is 5.43 Å². The van der Waals surface area contributed by atoms with Crippen LogP contribution in [-0.2, 0) is 0 Å². The summed E-state index contributed by atoms with van der Waals surface area (Å²) in [6.45, 7) is 0.673. The molecule has 0 saturated carbocycles. The van der Waals surface area contributed by atoms with Crippen LogP contribution >= 0.6 is 12.4 Å². The molecule has 0 aliphatic carbocycles. The Hall–Kier alpha value is -2.54. The Labute approximate surface area is 168 Å². The van der Waals surface area contributed by atoms with Gasteiger partial charge in [0.05, 0.1) is 6.61 Å². The van der Waals surface area contributed by atoms with Gasteiger partial charge in [0.25, 0.3) is 0 Å². The monoisotopic (exact) mass is 403 g/mol. The van der Waals surface area contributed by atoms with Crippen molar-refractivity contribution < 1.29 is 19.7 Å². The predicted octanol–water partition coefficient (Wildman–Crippen LogP) is 3.07. The number of hydrogen-bond acceptors (Lipinski definition) is 6. The molecule has 3 aromatic rings. The Balaban J connectivity index is 0.00000225. The van der Waals surface area contributed by atoms with Gasteiger partial charge in [-0.1, -0.05) is 30.3 Å². The van der Waals surface area contributed by atoms with Crippen LogP contribution in [0.3, 0.4) is 0 Å². The fourth-order valence-electron chi connectivity index (χ4n) is 4.04. The van der Waals surface area contributed by atoms with Crippen LogP contribution < -0.4 is 5.43 Å². The summed E-state index contributed by atoms with van der Waals surface area (Å²) >= 11 is 0. The summed E-state index contributed by atoms with van der Waals surface area (Å²) < 4.78 is 6.04. The fourth-order valence-corrected chi connectivity index (χ4v) is 4.04. The SMILES string of the molecule is CN1CCC(c2c(O)cc(O)c3c(=O)cc(-c4ccccc4)oc23)C1CO.Cl. The quantitative estimate of drug-likeness (QED) is 0.622. The first-order valence-electron chi connectivity index (χ1n) is 8.90. The topological polar surface area (TPSA) is 94.1 Å². The zero-order chi connectivity index (χ0) is 19.1. The van der Waals surface area contributed by atoms with E-state index in [1.165, 1.54) is 12.1 Å². The Morgan fingerprint density at radius 1 is 1.14 bits per heavy atom. The number of phenols is 2. The first-order chi connectivity index (χ1) is 13.0. The molecular formula is C21H22ClNO5. The first kappa shape index (κ1) is 20.2. The van der Waals surface area contributed by atoms with Crippen molar-refractivity contribution in [2.45, 2.75) is 18.4 Å². The molecule has 0 amide bonds. The molecule has 2 aromatic carbocycles. The van der Waals surface area contributed by atoms with Crippen molar-refractivity contribution in [3.05, 3.63) is 58.3 Å². The number of halogens is 1. The van der Waals surface area contributed by atoms with Gasteiger partial charge in [-0.3, -0.25) is 4.79 Å². The highest BCUT2D eigenvalue weighted by Crippen LogP contribution is 2.44. The Morgan fingerprint density at radius 2 is 1.86 bits per heavy atom. The van der Waals surface area contributed by atoms with E-state index in [9.17, 15) is 20.1 Å². The number of phenolic OH excluding ortho intramolecular Hbond substituents is 2. The zero-order valence-electron chi connectivity index (χ0n) is 15.3. The third-order valence-electron chi connectivity index (χ3n) is 5.44. The molecule has 0 radical (unpaired) electrons. The van der Waals surface area contributed by atoms with Crippen LogP contribution in [0, 0.1) is 0 Å². The number of rotatable bonds is 3. The third kappa shape index (κ3) is 3.24. The maximum absolute atomic E-state index is 12.7. The Morgan fingerprint density at radius 3 is 2.54 bits per heavy atom. The highest BCUT2D eigenvalue weighted by Gasteiger charge is 2.36. The highest BCUT2D eigenvalue weighted by molar-refractivity contribution is 5.89. The number of fused-ring (bicyclic) bond motifs is 1. The summed E-state index contributed by atoms with van der Waals surface area (Å²) in [4.78, 5) is 14.7. The molecule has 1 fully saturated rings. The van der Waals surface area contributed by atoms with Crippen molar-refractivity contribution in [2.75, 3.05) is 20.2 Å². The fraction of sp³-hybridized carbons (Fsp3) is 0.286. The minimum atomic E-state index is -0.374. The van der Waals surface area contributed by atoms with E-state index in [4.69, 9.17) is 4.42 Å². The van der Waals surface area contributed by atoms with Gasteiger partial charge in [0.2, 0.25) is 0 Å². The lowest BCUT2D eigenvalue weighted by molar-refractivity contribution is 0.172. The van der Waals surface area contributed by atoms with Gasteiger partial charge in [-0.2, -0.15) is 0 Å². The third-order valence-corrected chi connectivity index (χ3v) is 5.44. The molecule has 148 valence electrons. The van der Waals surface area contributed by atoms with Crippen LogP contribution in [-0.4, -0.2) is 46.5 Å². The number of nitrogens with zero attached hydrogens (tertiary/aromatic N) is 1.